The summed E-state index contributed by atoms with van der Waals surface area (Å²) in [4.78, 5) is 23.0. The topological polar surface area (TPSA) is 64.6 Å². The molecule has 0 fully saturated rings. The van der Waals surface area contributed by atoms with E-state index in [2.05, 4.69) is 19.2 Å². The SMILES string of the molecule is CCC(CC)[C@@H](NC=O)Oc1ccc(C(=O)OCc2ccccc2)cc1. The molecule has 138 valence electrons. The zero-order valence-corrected chi connectivity index (χ0v) is 15.2. The highest BCUT2D eigenvalue weighted by molar-refractivity contribution is 5.89. The van der Waals surface area contributed by atoms with Crippen LogP contribution in [0, 0.1) is 5.92 Å². The molecule has 5 nitrogen and oxygen atoms in total. The minimum absolute atomic E-state index is 0.218. The van der Waals surface area contributed by atoms with Crippen molar-refractivity contribution in [3.8, 4) is 5.75 Å². The maximum atomic E-state index is 12.1. The number of carbonyl (C=O) groups is 2. The van der Waals surface area contributed by atoms with Crippen molar-refractivity contribution in [2.45, 2.75) is 39.5 Å². The molecule has 0 spiro atoms. The molecule has 0 bridgehead atoms. The molecule has 2 aromatic rings. The first kappa shape index (κ1) is 19.5. The number of ether oxygens (including phenoxy) is 2. The molecule has 1 atom stereocenters. The minimum atomic E-state index is -0.390. The Hall–Kier alpha value is -2.82. The molecule has 0 unspecified atom stereocenters. The highest BCUT2D eigenvalue weighted by Gasteiger charge is 2.19. The Morgan fingerprint density at radius 2 is 1.69 bits per heavy atom. The lowest BCUT2D eigenvalue weighted by atomic mass is 10.0. The number of hydrogen-bond acceptors (Lipinski definition) is 4. The van der Waals surface area contributed by atoms with E-state index in [1.165, 1.54) is 0 Å². The summed E-state index contributed by atoms with van der Waals surface area (Å²) in [5.74, 6) is 0.425. The van der Waals surface area contributed by atoms with E-state index in [0.29, 0.717) is 17.7 Å². The Morgan fingerprint density at radius 3 is 2.27 bits per heavy atom. The molecule has 2 rings (SSSR count). The molecule has 2 aromatic carbocycles. The molecule has 0 aliphatic heterocycles. The van der Waals surface area contributed by atoms with Gasteiger partial charge < -0.3 is 14.8 Å². The lowest BCUT2D eigenvalue weighted by Gasteiger charge is -2.25. The second-order valence-electron chi connectivity index (χ2n) is 5.99. The quantitative estimate of drug-likeness (QED) is 0.398. The summed E-state index contributed by atoms with van der Waals surface area (Å²) < 4.78 is 11.2. The van der Waals surface area contributed by atoms with Crippen molar-refractivity contribution in [2.24, 2.45) is 5.92 Å². The largest absolute Gasteiger partial charge is 0.470 e. The summed E-state index contributed by atoms with van der Waals surface area (Å²) >= 11 is 0. The number of nitrogens with one attached hydrogen (secondary N) is 1. The van der Waals surface area contributed by atoms with Crippen LogP contribution in [0.2, 0.25) is 0 Å². The first-order valence-electron chi connectivity index (χ1n) is 8.85. The third-order valence-corrected chi connectivity index (χ3v) is 4.28. The fourth-order valence-corrected chi connectivity index (χ4v) is 2.67. The zero-order chi connectivity index (χ0) is 18.8. The van der Waals surface area contributed by atoms with Crippen LogP contribution < -0.4 is 10.1 Å². The van der Waals surface area contributed by atoms with Gasteiger partial charge in [-0.15, -0.1) is 0 Å². The summed E-state index contributed by atoms with van der Waals surface area (Å²) in [5.41, 5.74) is 1.39. The fraction of sp³-hybridized carbons (Fsp3) is 0.333. The van der Waals surface area contributed by atoms with E-state index in [-0.39, 0.29) is 18.5 Å². The molecule has 1 N–H and O–H groups in total. The summed E-state index contributed by atoms with van der Waals surface area (Å²) in [6, 6.07) is 16.3. The molecule has 0 aromatic heterocycles. The second-order valence-corrected chi connectivity index (χ2v) is 5.99. The van der Waals surface area contributed by atoms with Crippen LogP contribution in [0.15, 0.2) is 54.6 Å². The molecular weight excluding hydrogens is 330 g/mol. The number of carbonyl (C=O) groups excluding carboxylic acids is 2. The van der Waals surface area contributed by atoms with Crippen LogP contribution in [0.4, 0.5) is 0 Å². The van der Waals surface area contributed by atoms with Gasteiger partial charge in [0, 0.05) is 5.92 Å². The van der Waals surface area contributed by atoms with Gasteiger partial charge in [0.05, 0.1) is 5.56 Å². The third kappa shape index (κ3) is 5.62. The van der Waals surface area contributed by atoms with Crippen molar-refractivity contribution in [3.63, 3.8) is 0 Å². The average Bonchev–Trinajstić information content (AvgIpc) is 2.68. The smallest absolute Gasteiger partial charge is 0.338 e. The third-order valence-electron chi connectivity index (χ3n) is 4.28. The standard InChI is InChI=1S/C21H25NO4/c1-3-17(4-2)20(22-15-23)26-19-12-10-18(11-13-19)21(24)25-14-16-8-6-5-7-9-16/h5-13,15,17,20H,3-4,14H2,1-2H3,(H,22,23)/t20-/m0/s1. The van der Waals surface area contributed by atoms with Crippen LogP contribution in [0.5, 0.6) is 5.75 Å². The van der Waals surface area contributed by atoms with Crippen molar-refractivity contribution in [1.29, 1.82) is 0 Å². The van der Waals surface area contributed by atoms with Crippen LogP contribution in [-0.4, -0.2) is 18.6 Å². The highest BCUT2D eigenvalue weighted by Crippen LogP contribution is 2.20. The Balaban J connectivity index is 1.95. The van der Waals surface area contributed by atoms with E-state index in [0.717, 1.165) is 18.4 Å². The average molecular weight is 355 g/mol. The van der Waals surface area contributed by atoms with Gasteiger partial charge in [-0.25, -0.2) is 4.79 Å². The Morgan fingerprint density at radius 1 is 1.04 bits per heavy atom. The molecule has 26 heavy (non-hydrogen) atoms. The number of hydrogen-bond donors (Lipinski definition) is 1. The van der Waals surface area contributed by atoms with Crippen molar-refractivity contribution < 1.29 is 19.1 Å². The molecule has 0 saturated heterocycles. The van der Waals surface area contributed by atoms with E-state index >= 15 is 0 Å². The summed E-state index contributed by atoms with van der Waals surface area (Å²) in [6.07, 6.45) is 2.05. The molecular formula is C21H25NO4. The van der Waals surface area contributed by atoms with Gasteiger partial charge >= 0.3 is 5.97 Å². The van der Waals surface area contributed by atoms with Crippen LogP contribution in [0.3, 0.4) is 0 Å². The van der Waals surface area contributed by atoms with Gasteiger partial charge in [-0.05, 0) is 42.7 Å². The maximum absolute atomic E-state index is 12.1. The van der Waals surface area contributed by atoms with Crippen LogP contribution in [0.25, 0.3) is 0 Å². The number of benzene rings is 2. The number of esters is 1. The predicted octanol–water partition coefficient (Wildman–Crippen LogP) is 3.93. The van der Waals surface area contributed by atoms with Crippen molar-refractivity contribution in [3.05, 3.63) is 65.7 Å². The molecule has 0 radical (unpaired) electrons. The van der Waals surface area contributed by atoms with Crippen LogP contribution in [-0.2, 0) is 16.1 Å². The zero-order valence-electron chi connectivity index (χ0n) is 15.2. The minimum Gasteiger partial charge on any atom is -0.470 e. The van der Waals surface area contributed by atoms with E-state index in [1.807, 2.05) is 30.3 Å². The van der Waals surface area contributed by atoms with Gasteiger partial charge in [-0.1, -0.05) is 44.2 Å². The van der Waals surface area contributed by atoms with Crippen LogP contribution in [0.1, 0.15) is 42.6 Å². The first-order chi connectivity index (χ1) is 12.7. The number of amides is 1. The van der Waals surface area contributed by atoms with Crippen LogP contribution >= 0.6 is 0 Å². The summed E-state index contributed by atoms with van der Waals surface area (Å²) in [5, 5.41) is 2.71. The van der Waals surface area contributed by atoms with Gasteiger partial charge in [0.1, 0.15) is 12.4 Å². The molecule has 1 amide bonds. The molecule has 5 heteroatoms. The summed E-state index contributed by atoms with van der Waals surface area (Å²) in [7, 11) is 0. The van der Waals surface area contributed by atoms with E-state index in [1.54, 1.807) is 24.3 Å². The van der Waals surface area contributed by atoms with Crippen molar-refractivity contribution in [2.75, 3.05) is 0 Å². The highest BCUT2D eigenvalue weighted by atomic mass is 16.5. The molecule has 0 saturated carbocycles. The lowest BCUT2D eigenvalue weighted by Crippen LogP contribution is -2.40. The molecule has 0 heterocycles. The monoisotopic (exact) mass is 355 g/mol. The van der Waals surface area contributed by atoms with Gasteiger partial charge in [0.2, 0.25) is 6.41 Å². The van der Waals surface area contributed by atoms with Gasteiger partial charge in [-0.3, -0.25) is 4.79 Å². The Bertz CT molecular complexity index is 681. The maximum Gasteiger partial charge on any atom is 0.338 e. The molecule has 0 aliphatic carbocycles. The number of rotatable bonds is 10. The van der Waals surface area contributed by atoms with Gasteiger partial charge in [0.15, 0.2) is 6.23 Å². The lowest BCUT2D eigenvalue weighted by molar-refractivity contribution is -0.112. The predicted molar refractivity (Wildman–Crippen MR) is 99.7 cm³/mol. The van der Waals surface area contributed by atoms with E-state index < -0.39 is 6.23 Å². The Kier molecular flexibility index (Phi) is 7.68. The fourth-order valence-electron chi connectivity index (χ4n) is 2.67. The van der Waals surface area contributed by atoms with E-state index in [9.17, 15) is 9.59 Å². The van der Waals surface area contributed by atoms with Crippen molar-refractivity contribution in [1.82, 2.24) is 5.32 Å². The van der Waals surface area contributed by atoms with Gasteiger partial charge in [0.25, 0.3) is 0 Å². The van der Waals surface area contributed by atoms with E-state index in [4.69, 9.17) is 9.47 Å². The first-order valence-corrected chi connectivity index (χ1v) is 8.85. The molecule has 0 aliphatic rings. The Labute approximate surface area is 154 Å². The van der Waals surface area contributed by atoms with Gasteiger partial charge in [-0.2, -0.15) is 0 Å². The summed E-state index contributed by atoms with van der Waals surface area (Å²) in [6.45, 7) is 4.35. The normalized spacial score (nSPS) is 11.7. The van der Waals surface area contributed by atoms with Crippen molar-refractivity contribution >= 4 is 12.4 Å². The second kappa shape index (κ2) is 10.2.